The number of hydrogen-bond acceptors (Lipinski definition) is 3. The minimum Gasteiger partial charge on any atom is -0.497 e. The fourth-order valence-corrected chi connectivity index (χ4v) is 8.02. The first-order valence-corrected chi connectivity index (χ1v) is 13.0. The molecule has 1 atom stereocenters. The number of ether oxygens (including phenoxy) is 1. The Morgan fingerprint density at radius 1 is 1.12 bits per heavy atom. The molecular formula is C28H40N2O3. The second-order valence-electron chi connectivity index (χ2n) is 11.8. The quantitative estimate of drug-likeness (QED) is 0.589. The van der Waals surface area contributed by atoms with Gasteiger partial charge in [-0.25, -0.2) is 0 Å². The minimum atomic E-state index is -0.333. The van der Waals surface area contributed by atoms with Crippen molar-refractivity contribution in [3.63, 3.8) is 0 Å². The lowest BCUT2D eigenvalue weighted by Crippen LogP contribution is -2.47. The molecule has 4 bridgehead atoms. The Kier molecular flexibility index (Phi) is 6.17. The third-order valence-electron chi connectivity index (χ3n) is 9.30. The molecule has 33 heavy (non-hydrogen) atoms. The maximum atomic E-state index is 13.1. The predicted molar refractivity (Wildman–Crippen MR) is 129 cm³/mol. The number of hydrogen-bond donors (Lipinski definition) is 1. The highest BCUT2D eigenvalue weighted by Gasteiger charge is 2.50. The number of methoxy groups -OCH3 is 1. The van der Waals surface area contributed by atoms with E-state index in [1.54, 1.807) is 7.11 Å². The van der Waals surface area contributed by atoms with E-state index < -0.39 is 0 Å². The number of carbonyl (C=O) groups excluding carboxylic acids is 2. The number of rotatable bonds is 9. The molecular weight excluding hydrogens is 412 g/mol. The van der Waals surface area contributed by atoms with Gasteiger partial charge in [0.05, 0.1) is 7.11 Å². The Morgan fingerprint density at radius 2 is 1.82 bits per heavy atom. The Hall–Kier alpha value is -2.04. The first-order valence-electron chi connectivity index (χ1n) is 13.0. The summed E-state index contributed by atoms with van der Waals surface area (Å²) in [6.07, 6.45) is 13.0. The number of benzene rings is 1. The van der Waals surface area contributed by atoms with Gasteiger partial charge in [-0.1, -0.05) is 12.1 Å². The van der Waals surface area contributed by atoms with Crippen molar-refractivity contribution in [2.24, 2.45) is 23.2 Å². The van der Waals surface area contributed by atoms with E-state index in [1.165, 1.54) is 44.9 Å². The van der Waals surface area contributed by atoms with Crippen molar-refractivity contribution in [2.45, 2.75) is 82.6 Å². The normalized spacial score (nSPS) is 34.4. The van der Waals surface area contributed by atoms with Crippen molar-refractivity contribution in [3.05, 3.63) is 29.8 Å². The summed E-state index contributed by atoms with van der Waals surface area (Å²) in [5, 5.41) is 3.22. The summed E-state index contributed by atoms with van der Waals surface area (Å²) in [7, 11) is 3.65. The van der Waals surface area contributed by atoms with Crippen LogP contribution in [0.2, 0.25) is 0 Å². The first kappa shape index (κ1) is 22.7. The van der Waals surface area contributed by atoms with Gasteiger partial charge in [0.15, 0.2) is 0 Å². The smallest absolute Gasteiger partial charge is 0.222 e. The molecule has 5 nitrogen and oxygen atoms in total. The molecule has 4 saturated carbocycles. The van der Waals surface area contributed by atoms with Crippen LogP contribution < -0.4 is 10.1 Å². The van der Waals surface area contributed by atoms with Gasteiger partial charge in [0, 0.05) is 32.0 Å². The van der Waals surface area contributed by atoms with Gasteiger partial charge in [-0.2, -0.15) is 0 Å². The highest BCUT2D eigenvalue weighted by atomic mass is 16.5. The fourth-order valence-electron chi connectivity index (χ4n) is 8.02. The Bertz CT molecular complexity index is 862. The molecule has 2 amide bonds. The molecule has 5 aliphatic rings. The Morgan fingerprint density at radius 3 is 2.42 bits per heavy atom. The standard InChI is InChI=1S/C28H40N2O3/c1-30(11-10-27-16-21-12-22(17-27)14-23(13-21)18-27)26(32)7-9-28(8-6-25(31)29-28)19-20-4-3-5-24(15-20)33-2/h3-5,15,21-23H,6-14,16-19H2,1-2H3,(H,29,31)/t21?,22?,23?,27?,28-/m1/s1. The largest absolute Gasteiger partial charge is 0.497 e. The van der Waals surface area contributed by atoms with Gasteiger partial charge in [0.25, 0.3) is 0 Å². The lowest BCUT2D eigenvalue weighted by molar-refractivity contribution is -0.131. The summed E-state index contributed by atoms with van der Waals surface area (Å²) in [5.41, 5.74) is 1.31. The fraction of sp³-hybridized carbons (Fsp3) is 0.714. The molecule has 5 fully saturated rings. The average Bonchev–Trinajstić information content (AvgIpc) is 3.15. The molecule has 1 saturated heterocycles. The van der Waals surface area contributed by atoms with Crippen LogP contribution in [0.5, 0.6) is 5.75 Å². The van der Waals surface area contributed by atoms with E-state index in [1.807, 2.05) is 30.1 Å². The maximum absolute atomic E-state index is 13.1. The summed E-state index contributed by atoms with van der Waals surface area (Å²) in [6, 6.07) is 8.04. The molecule has 0 unspecified atom stereocenters. The number of nitrogens with one attached hydrogen (secondary N) is 1. The van der Waals surface area contributed by atoms with Crippen LogP contribution in [0.3, 0.4) is 0 Å². The van der Waals surface area contributed by atoms with E-state index in [2.05, 4.69) is 11.4 Å². The predicted octanol–water partition coefficient (Wildman–Crippen LogP) is 4.73. The van der Waals surface area contributed by atoms with Crippen molar-refractivity contribution in [3.8, 4) is 5.75 Å². The highest BCUT2D eigenvalue weighted by Crippen LogP contribution is 2.61. The van der Waals surface area contributed by atoms with Gasteiger partial charge in [0.1, 0.15) is 5.75 Å². The van der Waals surface area contributed by atoms with E-state index in [0.29, 0.717) is 24.7 Å². The van der Waals surface area contributed by atoms with E-state index in [-0.39, 0.29) is 17.4 Å². The summed E-state index contributed by atoms with van der Waals surface area (Å²) in [6.45, 7) is 0.875. The molecule has 180 valence electrons. The summed E-state index contributed by atoms with van der Waals surface area (Å²) in [4.78, 5) is 27.2. The molecule has 1 aromatic carbocycles. The van der Waals surface area contributed by atoms with E-state index in [0.717, 1.165) is 48.5 Å². The van der Waals surface area contributed by atoms with E-state index in [4.69, 9.17) is 4.74 Å². The summed E-state index contributed by atoms with van der Waals surface area (Å²) >= 11 is 0. The molecule has 1 aromatic rings. The van der Waals surface area contributed by atoms with Crippen molar-refractivity contribution >= 4 is 11.8 Å². The van der Waals surface area contributed by atoms with Crippen molar-refractivity contribution < 1.29 is 14.3 Å². The highest BCUT2D eigenvalue weighted by molar-refractivity contribution is 5.80. The third-order valence-corrected chi connectivity index (χ3v) is 9.30. The zero-order valence-electron chi connectivity index (χ0n) is 20.4. The van der Waals surface area contributed by atoms with Gasteiger partial charge in [-0.05, 0) is 105 Å². The van der Waals surface area contributed by atoms with Crippen LogP contribution in [-0.4, -0.2) is 43.0 Å². The molecule has 1 aliphatic heterocycles. The monoisotopic (exact) mass is 452 g/mol. The first-order chi connectivity index (χ1) is 15.9. The van der Waals surface area contributed by atoms with Crippen LogP contribution >= 0.6 is 0 Å². The lowest BCUT2D eigenvalue weighted by atomic mass is 9.49. The molecule has 0 radical (unpaired) electrons. The zero-order chi connectivity index (χ0) is 23.1. The molecule has 0 spiro atoms. The van der Waals surface area contributed by atoms with E-state index >= 15 is 0 Å². The molecule has 6 rings (SSSR count). The topological polar surface area (TPSA) is 58.6 Å². The SMILES string of the molecule is COc1cccc(C[C@]2(CCC(=O)N(C)CCC34CC5CC(CC(C5)C3)C4)CCC(=O)N2)c1. The van der Waals surface area contributed by atoms with Crippen LogP contribution in [0.1, 0.15) is 76.2 Å². The van der Waals surface area contributed by atoms with Gasteiger partial charge >= 0.3 is 0 Å². The van der Waals surface area contributed by atoms with Crippen LogP contribution in [0.25, 0.3) is 0 Å². The molecule has 1 N–H and O–H groups in total. The summed E-state index contributed by atoms with van der Waals surface area (Å²) < 4.78 is 5.37. The van der Waals surface area contributed by atoms with E-state index in [9.17, 15) is 9.59 Å². The van der Waals surface area contributed by atoms with Gasteiger partial charge in [0.2, 0.25) is 11.8 Å². The molecule has 5 heteroatoms. The average molecular weight is 453 g/mol. The Balaban J connectivity index is 1.16. The lowest BCUT2D eigenvalue weighted by Gasteiger charge is -2.57. The number of nitrogens with zero attached hydrogens (tertiary/aromatic N) is 1. The zero-order valence-corrected chi connectivity index (χ0v) is 20.4. The van der Waals surface area contributed by atoms with Crippen LogP contribution in [0, 0.1) is 23.2 Å². The number of amides is 2. The number of carbonyl (C=O) groups is 2. The van der Waals surface area contributed by atoms with Crippen LogP contribution in [-0.2, 0) is 16.0 Å². The van der Waals surface area contributed by atoms with Gasteiger partial charge < -0.3 is 15.0 Å². The second-order valence-corrected chi connectivity index (χ2v) is 11.8. The Labute approximate surface area is 198 Å². The molecule has 1 heterocycles. The maximum Gasteiger partial charge on any atom is 0.222 e. The second kappa shape index (κ2) is 8.96. The van der Waals surface area contributed by atoms with Crippen LogP contribution in [0.15, 0.2) is 24.3 Å². The molecule has 0 aromatic heterocycles. The third kappa shape index (κ3) is 4.93. The summed E-state index contributed by atoms with van der Waals surface area (Å²) in [5.74, 6) is 4.01. The van der Waals surface area contributed by atoms with Crippen molar-refractivity contribution in [2.75, 3.05) is 20.7 Å². The van der Waals surface area contributed by atoms with Crippen molar-refractivity contribution in [1.29, 1.82) is 0 Å². The van der Waals surface area contributed by atoms with Gasteiger partial charge in [-0.15, -0.1) is 0 Å². The van der Waals surface area contributed by atoms with Crippen LogP contribution in [0.4, 0.5) is 0 Å². The van der Waals surface area contributed by atoms with Gasteiger partial charge in [-0.3, -0.25) is 9.59 Å². The van der Waals surface area contributed by atoms with Crippen molar-refractivity contribution in [1.82, 2.24) is 10.2 Å². The molecule has 4 aliphatic carbocycles. The minimum absolute atomic E-state index is 0.0977.